The molecule has 0 saturated carbocycles. The van der Waals surface area contributed by atoms with Crippen molar-refractivity contribution in [3.63, 3.8) is 0 Å². The Morgan fingerprint density at radius 3 is 2.11 bits per heavy atom. The summed E-state index contributed by atoms with van der Waals surface area (Å²) in [4.78, 5) is 0. The number of hydrogen-bond acceptors (Lipinski definition) is 5. The molecule has 2 heterocycles. The Labute approximate surface area is 115 Å². The molecule has 2 aliphatic rings. The molecule has 2 aliphatic heterocycles. The van der Waals surface area contributed by atoms with Crippen LogP contribution < -0.4 is 0 Å². The lowest BCUT2D eigenvalue weighted by Gasteiger charge is -2.31. The standard InChI is InChI=1S/C14H26O5/c1-3-14(4-2,19-10-13-9-18-13)11-16-6-5-15-7-12-8-17-12/h12-13H,3-11H2,1-2H3. The molecule has 0 aliphatic carbocycles. The number of ether oxygens (including phenoxy) is 5. The Balaban J connectivity index is 1.54. The third-order valence-corrected chi connectivity index (χ3v) is 3.71. The first kappa shape index (κ1) is 15.2. The summed E-state index contributed by atoms with van der Waals surface area (Å²) in [6.07, 6.45) is 2.53. The van der Waals surface area contributed by atoms with Crippen molar-refractivity contribution in [3.05, 3.63) is 0 Å². The zero-order chi connectivity index (χ0) is 13.6. The molecule has 2 saturated heterocycles. The van der Waals surface area contributed by atoms with Gasteiger partial charge in [-0.25, -0.2) is 0 Å². The van der Waals surface area contributed by atoms with Gasteiger partial charge in [0.1, 0.15) is 12.2 Å². The van der Waals surface area contributed by atoms with Crippen LogP contribution in [0.15, 0.2) is 0 Å². The molecule has 2 unspecified atom stereocenters. The summed E-state index contributed by atoms with van der Waals surface area (Å²) >= 11 is 0. The smallest absolute Gasteiger partial charge is 0.104 e. The minimum atomic E-state index is -0.175. The fourth-order valence-electron chi connectivity index (χ4n) is 1.89. The van der Waals surface area contributed by atoms with Crippen LogP contribution in [0.5, 0.6) is 0 Å². The molecule has 0 bridgehead atoms. The van der Waals surface area contributed by atoms with E-state index in [1.165, 1.54) is 0 Å². The first-order valence-corrected chi connectivity index (χ1v) is 7.30. The maximum Gasteiger partial charge on any atom is 0.104 e. The summed E-state index contributed by atoms with van der Waals surface area (Å²) in [5.41, 5.74) is -0.175. The van der Waals surface area contributed by atoms with Gasteiger partial charge < -0.3 is 23.7 Å². The van der Waals surface area contributed by atoms with Crippen LogP contribution in [0.1, 0.15) is 26.7 Å². The van der Waals surface area contributed by atoms with E-state index in [4.69, 9.17) is 23.7 Å². The molecule has 0 spiro atoms. The van der Waals surface area contributed by atoms with Crippen LogP contribution >= 0.6 is 0 Å². The Kier molecular flexibility index (Phi) is 6.04. The minimum absolute atomic E-state index is 0.175. The zero-order valence-corrected chi connectivity index (χ0v) is 12.1. The molecule has 0 N–H and O–H groups in total. The fourth-order valence-corrected chi connectivity index (χ4v) is 1.89. The Morgan fingerprint density at radius 2 is 1.53 bits per heavy atom. The number of rotatable bonds is 12. The van der Waals surface area contributed by atoms with Gasteiger partial charge in [-0.1, -0.05) is 13.8 Å². The van der Waals surface area contributed by atoms with Crippen LogP contribution in [0, 0.1) is 0 Å². The summed E-state index contributed by atoms with van der Waals surface area (Å²) in [5.74, 6) is 0. The molecule has 2 atom stereocenters. The average molecular weight is 274 g/mol. The van der Waals surface area contributed by atoms with E-state index in [1.54, 1.807) is 0 Å². The highest BCUT2D eigenvalue weighted by molar-refractivity contribution is 4.80. The highest BCUT2D eigenvalue weighted by Gasteiger charge is 2.32. The van der Waals surface area contributed by atoms with Gasteiger partial charge in [0.2, 0.25) is 0 Å². The van der Waals surface area contributed by atoms with Crippen molar-refractivity contribution in [3.8, 4) is 0 Å². The molecule has 5 nitrogen and oxygen atoms in total. The highest BCUT2D eigenvalue weighted by atomic mass is 16.6. The summed E-state index contributed by atoms with van der Waals surface area (Å²) in [6, 6.07) is 0. The Hall–Kier alpha value is -0.200. The topological polar surface area (TPSA) is 52.8 Å². The predicted octanol–water partition coefficient (Wildman–Crippen LogP) is 1.39. The van der Waals surface area contributed by atoms with Crippen LogP contribution in [0.4, 0.5) is 0 Å². The lowest BCUT2D eigenvalue weighted by molar-refractivity contribution is -0.111. The van der Waals surface area contributed by atoms with Crippen LogP contribution in [-0.2, 0) is 23.7 Å². The van der Waals surface area contributed by atoms with E-state index in [-0.39, 0.29) is 5.60 Å². The third kappa shape index (κ3) is 5.75. The number of epoxide rings is 2. The summed E-state index contributed by atoms with van der Waals surface area (Å²) in [7, 11) is 0. The maximum atomic E-state index is 6.00. The normalized spacial score (nSPS) is 25.6. The van der Waals surface area contributed by atoms with E-state index in [0.29, 0.717) is 45.2 Å². The predicted molar refractivity (Wildman–Crippen MR) is 70.4 cm³/mol. The van der Waals surface area contributed by atoms with E-state index in [1.807, 2.05) is 0 Å². The van der Waals surface area contributed by atoms with Crippen molar-refractivity contribution in [1.82, 2.24) is 0 Å². The van der Waals surface area contributed by atoms with Crippen molar-refractivity contribution in [2.24, 2.45) is 0 Å². The largest absolute Gasteiger partial charge is 0.376 e. The monoisotopic (exact) mass is 274 g/mol. The summed E-state index contributed by atoms with van der Waals surface area (Å²) in [5, 5.41) is 0. The van der Waals surface area contributed by atoms with Crippen molar-refractivity contribution >= 4 is 0 Å². The minimum Gasteiger partial charge on any atom is -0.376 e. The fraction of sp³-hybridized carbons (Fsp3) is 1.00. The van der Waals surface area contributed by atoms with Gasteiger partial charge in [-0.15, -0.1) is 0 Å². The molecule has 2 rings (SSSR count). The van der Waals surface area contributed by atoms with Crippen LogP contribution in [0.3, 0.4) is 0 Å². The van der Waals surface area contributed by atoms with Crippen LogP contribution in [0.2, 0.25) is 0 Å². The van der Waals surface area contributed by atoms with Gasteiger partial charge in [0.25, 0.3) is 0 Å². The Morgan fingerprint density at radius 1 is 0.947 bits per heavy atom. The van der Waals surface area contributed by atoms with E-state index >= 15 is 0 Å². The molecule has 0 aromatic heterocycles. The average Bonchev–Trinajstić information content (AvgIpc) is 3.31. The zero-order valence-electron chi connectivity index (χ0n) is 12.1. The number of hydrogen-bond donors (Lipinski definition) is 0. The van der Waals surface area contributed by atoms with Crippen molar-refractivity contribution in [1.29, 1.82) is 0 Å². The van der Waals surface area contributed by atoms with Crippen LogP contribution in [0.25, 0.3) is 0 Å². The molecule has 5 heteroatoms. The van der Waals surface area contributed by atoms with Crippen molar-refractivity contribution in [2.75, 3.05) is 46.2 Å². The van der Waals surface area contributed by atoms with Gasteiger partial charge in [0, 0.05) is 0 Å². The second kappa shape index (κ2) is 7.55. The van der Waals surface area contributed by atoms with Crippen LogP contribution in [-0.4, -0.2) is 64.1 Å². The van der Waals surface area contributed by atoms with E-state index in [2.05, 4.69) is 13.8 Å². The second-order valence-corrected chi connectivity index (χ2v) is 5.24. The van der Waals surface area contributed by atoms with Crippen molar-refractivity contribution < 1.29 is 23.7 Å². The van der Waals surface area contributed by atoms with Crippen molar-refractivity contribution in [2.45, 2.75) is 44.5 Å². The molecule has 0 radical (unpaired) electrons. The molecule has 0 aromatic rings. The van der Waals surface area contributed by atoms with E-state index in [9.17, 15) is 0 Å². The maximum absolute atomic E-state index is 6.00. The van der Waals surface area contributed by atoms with Gasteiger partial charge in [0.05, 0.1) is 51.8 Å². The molecular weight excluding hydrogens is 248 g/mol. The highest BCUT2D eigenvalue weighted by Crippen LogP contribution is 2.23. The van der Waals surface area contributed by atoms with E-state index < -0.39 is 0 Å². The molecule has 2 fully saturated rings. The molecule has 0 aromatic carbocycles. The quantitative estimate of drug-likeness (QED) is 0.398. The van der Waals surface area contributed by atoms with Gasteiger partial charge in [0.15, 0.2) is 0 Å². The van der Waals surface area contributed by atoms with Gasteiger partial charge in [-0.2, -0.15) is 0 Å². The van der Waals surface area contributed by atoms with Gasteiger partial charge >= 0.3 is 0 Å². The molecular formula is C14H26O5. The summed E-state index contributed by atoms with van der Waals surface area (Å²) < 4.78 is 27.4. The van der Waals surface area contributed by atoms with Gasteiger partial charge in [-0.05, 0) is 12.8 Å². The first-order chi connectivity index (χ1) is 9.28. The molecule has 0 amide bonds. The SMILES string of the molecule is CCC(CC)(COCCOCC1CO1)OCC1CO1. The molecule has 112 valence electrons. The summed E-state index contributed by atoms with van der Waals surface area (Å²) in [6.45, 7) is 9.17. The lowest BCUT2D eigenvalue weighted by atomic mass is 9.98. The lowest BCUT2D eigenvalue weighted by Crippen LogP contribution is -2.38. The van der Waals surface area contributed by atoms with Gasteiger partial charge in [-0.3, -0.25) is 0 Å². The third-order valence-electron chi connectivity index (χ3n) is 3.71. The first-order valence-electron chi connectivity index (χ1n) is 7.30. The molecule has 19 heavy (non-hydrogen) atoms. The second-order valence-electron chi connectivity index (χ2n) is 5.24. The Bertz CT molecular complexity index is 246. The van der Waals surface area contributed by atoms with E-state index in [0.717, 1.165) is 26.1 Å².